The Morgan fingerprint density at radius 1 is 1.14 bits per heavy atom. The Morgan fingerprint density at radius 3 is 2.43 bits per heavy atom. The largest absolute Gasteiger partial charge is 0.351 e. The van der Waals surface area contributed by atoms with Crippen molar-refractivity contribution in [1.82, 2.24) is 4.57 Å². The Bertz CT molecular complexity index is 439. The van der Waals surface area contributed by atoms with Crippen LogP contribution in [-0.2, 0) is 0 Å². The molecule has 2 rings (SSSR count). The standard InChI is InChI=1S/C9H8N2O.2ClH/c10-9(12)11-6-5-7-3-1-2-4-8(7)11;;/h1-6H,(H2,10,12);2*1H. The number of nitrogens with zero attached hydrogens (tertiary/aromatic N) is 1. The van der Waals surface area contributed by atoms with E-state index < -0.39 is 6.03 Å². The van der Waals surface area contributed by atoms with E-state index in [0.717, 1.165) is 10.9 Å². The van der Waals surface area contributed by atoms with E-state index in [1.54, 1.807) is 6.20 Å². The topological polar surface area (TPSA) is 48.0 Å². The summed E-state index contributed by atoms with van der Waals surface area (Å²) in [7, 11) is 0. The fourth-order valence-electron chi connectivity index (χ4n) is 1.28. The van der Waals surface area contributed by atoms with E-state index in [1.807, 2.05) is 30.3 Å². The van der Waals surface area contributed by atoms with Crippen LogP contribution in [-0.4, -0.2) is 10.6 Å². The summed E-state index contributed by atoms with van der Waals surface area (Å²) < 4.78 is 1.43. The molecule has 1 aromatic carbocycles. The highest BCUT2D eigenvalue weighted by Gasteiger charge is 2.02. The van der Waals surface area contributed by atoms with Gasteiger partial charge in [-0.2, -0.15) is 0 Å². The minimum Gasteiger partial charge on any atom is -0.351 e. The van der Waals surface area contributed by atoms with Crippen LogP contribution in [0.5, 0.6) is 0 Å². The van der Waals surface area contributed by atoms with Crippen molar-refractivity contribution in [3.8, 4) is 0 Å². The SMILES string of the molecule is Cl.Cl.NC(=O)n1ccc2ccccc21. The molecule has 0 saturated carbocycles. The lowest BCUT2D eigenvalue weighted by Crippen LogP contribution is -2.17. The first-order valence-corrected chi connectivity index (χ1v) is 3.65. The Balaban J connectivity index is 0.000000845. The first kappa shape index (κ1) is 12.8. The van der Waals surface area contributed by atoms with Crippen LogP contribution in [0.3, 0.4) is 0 Å². The molecule has 1 aromatic heterocycles. The monoisotopic (exact) mass is 232 g/mol. The number of carbonyl (C=O) groups is 1. The first-order valence-electron chi connectivity index (χ1n) is 3.65. The van der Waals surface area contributed by atoms with Crippen molar-refractivity contribution < 1.29 is 4.79 Å². The molecule has 0 aliphatic carbocycles. The number of amides is 1. The lowest BCUT2D eigenvalue weighted by Gasteiger charge is -1.96. The van der Waals surface area contributed by atoms with E-state index in [2.05, 4.69) is 0 Å². The van der Waals surface area contributed by atoms with Crippen LogP contribution in [0.25, 0.3) is 10.9 Å². The summed E-state index contributed by atoms with van der Waals surface area (Å²) in [6.45, 7) is 0. The summed E-state index contributed by atoms with van der Waals surface area (Å²) in [5.41, 5.74) is 6.00. The number of carbonyl (C=O) groups excluding carboxylic acids is 1. The van der Waals surface area contributed by atoms with Gasteiger partial charge in [0.25, 0.3) is 0 Å². The summed E-state index contributed by atoms with van der Waals surface area (Å²) in [6.07, 6.45) is 1.67. The molecule has 2 aromatic rings. The van der Waals surface area contributed by atoms with Gasteiger partial charge >= 0.3 is 6.03 Å². The van der Waals surface area contributed by atoms with Gasteiger partial charge in [0.15, 0.2) is 0 Å². The normalized spacial score (nSPS) is 8.86. The zero-order chi connectivity index (χ0) is 8.55. The van der Waals surface area contributed by atoms with E-state index in [4.69, 9.17) is 5.73 Å². The Kier molecular flexibility index (Phi) is 4.47. The van der Waals surface area contributed by atoms with Gasteiger partial charge < -0.3 is 5.73 Å². The maximum atomic E-state index is 10.9. The number of nitrogens with two attached hydrogens (primary N) is 1. The number of rotatable bonds is 0. The lowest BCUT2D eigenvalue weighted by atomic mass is 10.2. The Morgan fingerprint density at radius 2 is 1.79 bits per heavy atom. The molecule has 1 heterocycles. The number of primary amides is 1. The molecular formula is C9H10Cl2N2O. The molecule has 0 atom stereocenters. The predicted octanol–water partition coefficient (Wildman–Crippen LogP) is 2.41. The molecule has 76 valence electrons. The molecule has 0 aliphatic rings. The van der Waals surface area contributed by atoms with Crippen molar-refractivity contribution in [1.29, 1.82) is 0 Å². The van der Waals surface area contributed by atoms with Crippen LogP contribution in [0.2, 0.25) is 0 Å². The molecule has 1 amide bonds. The minimum absolute atomic E-state index is 0. The Hall–Kier alpha value is -1.19. The summed E-state index contributed by atoms with van der Waals surface area (Å²) in [4.78, 5) is 10.9. The van der Waals surface area contributed by atoms with Crippen LogP contribution >= 0.6 is 24.8 Å². The van der Waals surface area contributed by atoms with Crippen molar-refractivity contribution in [2.24, 2.45) is 5.73 Å². The van der Waals surface area contributed by atoms with E-state index in [0.29, 0.717) is 0 Å². The fourth-order valence-corrected chi connectivity index (χ4v) is 1.28. The molecule has 0 saturated heterocycles. The van der Waals surface area contributed by atoms with Crippen LogP contribution in [0, 0.1) is 0 Å². The maximum Gasteiger partial charge on any atom is 0.323 e. The molecule has 0 spiro atoms. The summed E-state index contributed by atoms with van der Waals surface area (Å²) >= 11 is 0. The van der Waals surface area contributed by atoms with Crippen LogP contribution in [0.1, 0.15) is 0 Å². The second-order valence-electron chi connectivity index (χ2n) is 2.58. The molecule has 0 aliphatic heterocycles. The van der Waals surface area contributed by atoms with Crippen molar-refractivity contribution in [3.63, 3.8) is 0 Å². The maximum absolute atomic E-state index is 10.9. The number of hydrogen-bond acceptors (Lipinski definition) is 1. The van der Waals surface area contributed by atoms with E-state index in [9.17, 15) is 4.79 Å². The molecule has 0 fully saturated rings. The second-order valence-corrected chi connectivity index (χ2v) is 2.58. The van der Waals surface area contributed by atoms with Gasteiger partial charge in [-0.25, -0.2) is 4.79 Å². The number of benzene rings is 1. The average molecular weight is 233 g/mol. The molecule has 5 heteroatoms. The zero-order valence-corrected chi connectivity index (χ0v) is 8.85. The van der Waals surface area contributed by atoms with Gasteiger partial charge in [0.05, 0.1) is 5.52 Å². The van der Waals surface area contributed by atoms with Crippen LogP contribution in [0.15, 0.2) is 36.5 Å². The fraction of sp³-hybridized carbons (Fsp3) is 0. The van der Waals surface area contributed by atoms with Crippen molar-refractivity contribution >= 4 is 41.7 Å². The highest BCUT2D eigenvalue weighted by molar-refractivity contribution is 5.90. The third-order valence-corrected chi connectivity index (χ3v) is 1.84. The molecule has 3 nitrogen and oxygen atoms in total. The van der Waals surface area contributed by atoms with Crippen LogP contribution in [0.4, 0.5) is 4.79 Å². The number of para-hydroxylation sites is 1. The third-order valence-electron chi connectivity index (χ3n) is 1.84. The van der Waals surface area contributed by atoms with Crippen molar-refractivity contribution in [2.75, 3.05) is 0 Å². The second kappa shape index (κ2) is 4.88. The average Bonchev–Trinajstić information content (AvgIpc) is 2.47. The predicted molar refractivity (Wildman–Crippen MR) is 61.4 cm³/mol. The highest BCUT2D eigenvalue weighted by Crippen LogP contribution is 2.13. The molecule has 0 unspecified atom stereocenters. The summed E-state index contributed by atoms with van der Waals surface area (Å²) in [5.74, 6) is 0. The molecular weight excluding hydrogens is 223 g/mol. The van der Waals surface area contributed by atoms with Gasteiger partial charge in [0, 0.05) is 11.6 Å². The van der Waals surface area contributed by atoms with Gasteiger partial charge in [-0.1, -0.05) is 18.2 Å². The quantitative estimate of drug-likeness (QED) is 0.746. The lowest BCUT2D eigenvalue weighted by molar-refractivity contribution is 0.251. The number of aromatic nitrogens is 1. The summed E-state index contributed by atoms with van der Waals surface area (Å²) in [6, 6.07) is 9.01. The summed E-state index contributed by atoms with van der Waals surface area (Å²) in [5, 5.41) is 1.02. The van der Waals surface area contributed by atoms with E-state index in [1.165, 1.54) is 4.57 Å². The number of halogens is 2. The van der Waals surface area contributed by atoms with Gasteiger partial charge in [0.2, 0.25) is 0 Å². The smallest absolute Gasteiger partial charge is 0.323 e. The van der Waals surface area contributed by atoms with Gasteiger partial charge in [0.1, 0.15) is 0 Å². The van der Waals surface area contributed by atoms with E-state index >= 15 is 0 Å². The third kappa shape index (κ3) is 2.00. The van der Waals surface area contributed by atoms with Crippen molar-refractivity contribution in [3.05, 3.63) is 36.5 Å². The van der Waals surface area contributed by atoms with Gasteiger partial charge in [-0.15, -0.1) is 24.8 Å². The highest BCUT2D eigenvalue weighted by atomic mass is 35.5. The molecule has 14 heavy (non-hydrogen) atoms. The Labute approximate surface area is 93.7 Å². The van der Waals surface area contributed by atoms with Gasteiger partial charge in [-0.3, -0.25) is 4.57 Å². The molecule has 0 bridgehead atoms. The van der Waals surface area contributed by atoms with E-state index in [-0.39, 0.29) is 24.8 Å². The molecule has 2 N–H and O–H groups in total. The number of hydrogen-bond donors (Lipinski definition) is 1. The minimum atomic E-state index is -0.448. The number of fused-ring (bicyclic) bond motifs is 1. The van der Waals surface area contributed by atoms with Gasteiger partial charge in [-0.05, 0) is 12.1 Å². The first-order chi connectivity index (χ1) is 5.79. The van der Waals surface area contributed by atoms with Crippen molar-refractivity contribution in [2.45, 2.75) is 0 Å². The zero-order valence-electron chi connectivity index (χ0n) is 7.21. The van der Waals surface area contributed by atoms with Crippen LogP contribution < -0.4 is 5.73 Å². The molecule has 0 radical (unpaired) electrons.